The van der Waals surface area contributed by atoms with Crippen molar-refractivity contribution in [3.63, 3.8) is 0 Å². The number of nitrogens with one attached hydrogen (secondary N) is 2. The van der Waals surface area contributed by atoms with Crippen molar-refractivity contribution in [2.24, 2.45) is 11.8 Å². The Bertz CT molecular complexity index is 331. The van der Waals surface area contributed by atoms with Crippen LogP contribution >= 0.6 is 0 Å². The van der Waals surface area contributed by atoms with Crippen LogP contribution in [0.25, 0.3) is 0 Å². The first-order valence-corrected chi connectivity index (χ1v) is 14.3. The Morgan fingerprint density at radius 1 is 0.467 bits per heavy atom. The third-order valence-corrected chi connectivity index (χ3v) is 7.13. The molecule has 0 saturated heterocycles. The second-order valence-corrected chi connectivity index (χ2v) is 10.1. The van der Waals surface area contributed by atoms with Gasteiger partial charge < -0.3 is 10.6 Å². The van der Waals surface area contributed by atoms with Crippen molar-refractivity contribution in [2.75, 3.05) is 26.2 Å². The Hall–Kier alpha value is -0.0800. The molecule has 0 radical (unpaired) electrons. The number of hydrogen-bond acceptors (Lipinski definition) is 2. The van der Waals surface area contributed by atoms with Gasteiger partial charge in [0.2, 0.25) is 0 Å². The summed E-state index contributed by atoms with van der Waals surface area (Å²) < 4.78 is 0. The fourth-order valence-corrected chi connectivity index (χ4v) is 4.90. The molecule has 1 rings (SSSR count). The van der Waals surface area contributed by atoms with Crippen molar-refractivity contribution in [3.05, 3.63) is 0 Å². The van der Waals surface area contributed by atoms with Crippen molar-refractivity contribution in [2.45, 2.75) is 142 Å². The molecule has 1 saturated carbocycles. The van der Waals surface area contributed by atoms with Crippen molar-refractivity contribution in [3.8, 4) is 0 Å². The minimum atomic E-state index is 1.11. The van der Waals surface area contributed by atoms with Gasteiger partial charge in [0.1, 0.15) is 0 Å². The van der Waals surface area contributed by atoms with E-state index in [1.54, 1.807) is 6.42 Å². The van der Waals surface area contributed by atoms with E-state index in [1.807, 2.05) is 0 Å². The standard InChI is InChI=1S/C28H58N2/c1-3-5-6-7-8-9-10-13-19-24-30-25-20-15-12-17-22-28-26-27(28)21-16-11-14-18-23-29-4-2/h27-30H,3-26H2,1-2H3/t27-,28+/m1/s1. The number of rotatable bonds is 25. The summed E-state index contributed by atoms with van der Waals surface area (Å²) in [7, 11) is 0. The van der Waals surface area contributed by atoms with Gasteiger partial charge in [0.15, 0.2) is 0 Å². The molecule has 0 heterocycles. The molecule has 0 bridgehead atoms. The van der Waals surface area contributed by atoms with E-state index < -0.39 is 0 Å². The van der Waals surface area contributed by atoms with Crippen LogP contribution in [0.2, 0.25) is 0 Å². The highest BCUT2D eigenvalue weighted by molar-refractivity contribution is 4.85. The molecule has 0 aromatic carbocycles. The molecule has 1 aliphatic carbocycles. The van der Waals surface area contributed by atoms with Crippen LogP contribution in [0.1, 0.15) is 142 Å². The van der Waals surface area contributed by atoms with Crippen LogP contribution in [-0.2, 0) is 0 Å². The van der Waals surface area contributed by atoms with Gasteiger partial charge in [0.05, 0.1) is 0 Å². The zero-order valence-electron chi connectivity index (χ0n) is 21.1. The summed E-state index contributed by atoms with van der Waals surface area (Å²) >= 11 is 0. The highest BCUT2D eigenvalue weighted by atomic mass is 14.8. The maximum atomic E-state index is 3.66. The summed E-state index contributed by atoms with van der Waals surface area (Å²) in [5.41, 5.74) is 0. The van der Waals surface area contributed by atoms with Crippen molar-refractivity contribution in [1.82, 2.24) is 10.6 Å². The fraction of sp³-hybridized carbons (Fsp3) is 1.00. The Balaban J connectivity index is 1.67. The van der Waals surface area contributed by atoms with Gasteiger partial charge in [0.25, 0.3) is 0 Å². The molecule has 2 N–H and O–H groups in total. The summed E-state index contributed by atoms with van der Waals surface area (Å²) in [6, 6.07) is 0. The van der Waals surface area contributed by atoms with E-state index in [-0.39, 0.29) is 0 Å². The zero-order valence-corrected chi connectivity index (χ0v) is 21.1. The van der Waals surface area contributed by atoms with Gasteiger partial charge in [-0.25, -0.2) is 0 Å². The van der Waals surface area contributed by atoms with Crippen LogP contribution in [0, 0.1) is 11.8 Å². The highest BCUT2D eigenvalue weighted by Gasteiger charge is 2.34. The van der Waals surface area contributed by atoms with E-state index in [2.05, 4.69) is 24.5 Å². The van der Waals surface area contributed by atoms with E-state index in [1.165, 1.54) is 142 Å². The largest absolute Gasteiger partial charge is 0.317 e. The first kappa shape index (κ1) is 28.0. The molecule has 0 aromatic rings. The predicted octanol–water partition coefficient (Wildman–Crippen LogP) is 8.25. The molecular formula is C28H58N2. The van der Waals surface area contributed by atoms with Crippen molar-refractivity contribution in [1.29, 1.82) is 0 Å². The molecule has 1 aliphatic rings. The highest BCUT2D eigenvalue weighted by Crippen LogP contribution is 2.45. The van der Waals surface area contributed by atoms with Crippen LogP contribution < -0.4 is 10.6 Å². The Kier molecular flexibility index (Phi) is 20.6. The lowest BCUT2D eigenvalue weighted by Gasteiger charge is -2.06. The van der Waals surface area contributed by atoms with Gasteiger partial charge in [-0.05, 0) is 63.7 Å². The van der Waals surface area contributed by atoms with E-state index in [4.69, 9.17) is 0 Å². The number of hydrogen-bond donors (Lipinski definition) is 2. The Morgan fingerprint density at radius 2 is 0.867 bits per heavy atom. The minimum absolute atomic E-state index is 1.11. The molecular weight excluding hydrogens is 364 g/mol. The van der Waals surface area contributed by atoms with Crippen LogP contribution in [-0.4, -0.2) is 26.2 Å². The van der Waals surface area contributed by atoms with E-state index in [0.29, 0.717) is 0 Å². The maximum Gasteiger partial charge on any atom is -0.00489 e. The SMILES string of the molecule is CCCCCCCCCCCNCCCCCC[C@H]1C[C@H]1CCCCCCNCC. The predicted molar refractivity (Wildman–Crippen MR) is 136 cm³/mol. The minimum Gasteiger partial charge on any atom is -0.317 e. The number of unbranched alkanes of at least 4 members (excludes halogenated alkanes) is 14. The monoisotopic (exact) mass is 422 g/mol. The lowest BCUT2D eigenvalue weighted by Crippen LogP contribution is -2.16. The molecule has 0 aliphatic heterocycles. The summed E-state index contributed by atoms with van der Waals surface area (Å²) in [6.07, 6.45) is 29.0. The molecule has 180 valence electrons. The molecule has 0 spiro atoms. The van der Waals surface area contributed by atoms with Gasteiger partial charge in [-0.2, -0.15) is 0 Å². The Morgan fingerprint density at radius 3 is 1.33 bits per heavy atom. The molecule has 2 atom stereocenters. The molecule has 1 fully saturated rings. The summed E-state index contributed by atoms with van der Waals surface area (Å²) in [5.74, 6) is 2.22. The lowest BCUT2D eigenvalue weighted by atomic mass is 10.1. The van der Waals surface area contributed by atoms with E-state index >= 15 is 0 Å². The molecule has 0 unspecified atom stereocenters. The Labute approximate surface area is 191 Å². The van der Waals surface area contributed by atoms with E-state index in [9.17, 15) is 0 Å². The second-order valence-electron chi connectivity index (χ2n) is 10.1. The third kappa shape index (κ3) is 18.7. The first-order valence-electron chi connectivity index (χ1n) is 14.3. The average molecular weight is 423 g/mol. The normalized spacial score (nSPS) is 18.2. The van der Waals surface area contributed by atoms with Gasteiger partial charge in [-0.3, -0.25) is 0 Å². The third-order valence-electron chi connectivity index (χ3n) is 7.13. The second kappa shape index (κ2) is 22.1. The van der Waals surface area contributed by atoms with Crippen LogP contribution in [0.4, 0.5) is 0 Å². The first-order chi connectivity index (χ1) is 14.9. The molecule has 0 amide bonds. The van der Waals surface area contributed by atoms with Crippen molar-refractivity contribution < 1.29 is 0 Å². The fourth-order valence-electron chi connectivity index (χ4n) is 4.90. The summed E-state index contributed by atoms with van der Waals surface area (Å²) in [4.78, 5) is 0. The van der Waals surface area contributed by atoms with Crippen molar-refractivity contribution >= 4 is 0 Å². The van der Waals surface area contributed by atoms with E-state index in [0.717, 1.165) is 18.4 Å². The van der Waals surface area contributed by atoms with Crippen LogP contribution in [0.5, 0.6) is 0 Å². The molecule has 30 heavy (non-hydrogen) atoms. The maximum absolute atomic E-state index is 3.66. The van der Waals surface area contributed by atoms with Crippen LogP contribution in [0.15, 0.2) is 0 Å². The average Bonchev–Trinajstić information content (AvgIpc) is 3.51. The summed E-state index contributed by atoms with van der Waals surface area (Å²) in [6.45, 7) is 9.33. The topological polar surface area (TPSA) is 24.1 Å². The quantitative estimate of drug-likeness (QED) is 0.145. The lowest BCUT2D eigenvalue weighted by molar-refractivity contribution is 0.510. The molecule has 2 nitrogen and oxygen atoms in total. The van der Waals surface area contributed by atoms with Crippen LogP contribution in [0.3, 0.4) is 0 Å². The van der Waals surface area contributed by atoms with Gasteiger partial charge in [0, 0.05) is 0 Å². The smallest absolute Gasteiger partial charge is 0.00489 e. The molecule has 0 aromatic heterocycles. The van der Waals surface area contributed by atoms with Gasteiger partial charge in [-0.1, -0.05) is 117 Å². The zero-order chi connectivity index (χ0) is 21.5. The van der Waals surface area contributed by atoms with Gasteiger partial charge >= 0.3 is 0 Å². The summed E-state index contributed by atoms with van der Waals surface area (Å²) in [5, 5.41) is 7.09. The molecule has 2 heteroatoms. The van der Waals surface area contributed by atoms with Gasteiger partial charge in [-0.15, -0.1) is 0 Å².